The summed E-state index contributed by atoms with van der Waals surface area (Å²) in [5, 5.41) is 0. The molecule has 0 fully saturated rings. The molecule has 0 saturated heterocycles. The molecule has 2 N–H and O–H groups in total. The zero-order valence-electron chi connectivity index (χ0n) is 11.7. The predicted molar refractivity (Wildman–Crippen MR) is 76.9 cm³/mol. The smallest absolute Gasteiger partial charge is 0.255 e. The second kappa shape index (κ2) is 8.24. The molecule has 19 heavy (non-hydrogen) atoms. The van der Waals surface area contributed by atoms with Crippen LogP contribution < -0.4 is 5.56 Å². The summed E-state index contributed by atoms with van der Waals surface area (Å²) in [4.78, 5) is 17.6. The number of nitrogens with one attached hydrogen (secondary N) is 2. The lowest BCUT2D eigenvalue weighted by atomic mass is 10.1. The maximum atomic E-state index is 12.0. The molecule has 5 nitrogen and oxygen atoms in total. The normalized spacial score (nSPS) is 11.2. The molecule has 1 heterocycles. The van der Waals surface area contributed by atoms with Crippen LogP contribution in [-0.4, -0.2) is 24.2 Å². The lowest BCUT2D eigenvalue weighted by Gasteiger charge is -2.16. The van der Waals surface area contributed by atoms with Crippen molar-refractivity contribution in [1.82, 2.24) is 9.97 Å². The van der Waals surface area contributed by atoms with E-state index in [4.69, 9.17) is 21.7 Å². The van der Waals surface area contributed by atoms with Crippen molar-refractivity contribution in [3.05, 3.63) is 26.4 Å². The molecule has 0 bridgehead atoms. The highest BCUT2D eigenvalue weighted by atomic mass is 32.1. The number of aromatic nitrogens is 2. The summed E-state index contributed by atoms with van der Waals surface area (Å²) in [5.74, 6) is 0. The minimum absolute atomic E-state index is 0.158. The first-order chi connectivity index (χ1) is 9.13. The maximum absolute atomic E-state index is 12.0. The topological polar surface area (TPSA) is 67.1 Å². The number of unbranched alkanes of at least 4 members (excludes halogenated alkanes) is 3. The summed E-state index contributed by atoms with van der Waals surface area (Å²) in [7, 11) is 3.07. The zero-order chi connectivity index (χ0) is 14.3. The first-order valence-corrected chi connectivity index (χ1v) is 6.95. The highest BCUT2D eigenvalue weighted by Gasteiger charge is 2.17. The van der Waals surface area contributed by atoms with Gasteiger partial charge in [-0.25, -0.2) is 0 Å². The van der Waals surface area contributed by atoms with Gasteiger partial charge in [0.15, 0.2) is 11.1 Å². The van der Waals surface area contributed by atoms with Gasteiger partial charge in [-0.1, -0.05) is 26.2 Å². The van der Waals surface area contributed by atoms with Crippen molar-refractivity contribution in [2.45, 2.75) is 45.3 Å². The van der Waals surface area contributed by atoms with Crippen molar-refractivity contribution < 1.29 is 9.47 Å². The zero-order valence-corrected chi connectivity index (χ0v) is 12.6. The monoisotopic (exact) mass is 286 g/mol. The van der Waals surface area contributed by atoms with E-state index in [2.05, 4.69) is 16.9 Å². The summed E-state index contributed by atoms with van der Waals surface area (Å²) >= 11 is 4.99. The van der Waals surface area contributed by atoms with Gasteiger partial charge in [0.05, 0.1) is 5.69 Å². The Bertz CT molecular complexity index is 491. The average Bonchev–Trinajstić information content (AvgIpc) is 2.38. The van der Waals surface area contributed by atoms with Crippen LogP contribution in [0.2, 0.25) is 0 Å². The van der Waals surface area contributed by atoms with Gasteiger partial charge in [0.1, 0.15) is 0 Å². The Balaban J connectivity index is 2.99. The minimum Gasteiger partial charge on any atom is -0.350 e. The van der Waals surface area contributed by atoms with E-state index in [1.54, 1.807) is 0 Å². The van der Waals surface area contributed by atoms with Gasteiger partial charge < -0.3 is 14.5 Å². The molecule has 0 amide bonds. The lowest BCUT2D eigenvalue weighted by Crippen LogP contribution is -2.21. The first kappa shape index (κ1) is 16.1. The number of methoxy groups -OCH3 is 2. The molecule has 0 aliphatic rings. The summed E-state index contributed by atoms with van der Waals surface area (Å²) in [6.07, 6.45) is 4.52. The lowest BCUT2D eigenvalue weighted by molar-refractivity contribution is -0.109. The van der Waals surface area contributed by atoms with Crippen LogP contribution in [0.4, 0.5) is 0 Å². The van der Waals surface area contributed by atoms with E-state index >= 15 is 0 Å². The molecule has 108 valence electrons. The van der Waals surface area contributed by atoms with Crippen LogP contribution in [0.25, 0.3) is 0 Å². The Kier molecular flexibility index (Phi) is 6.97. The fourth-order valence-electron chi connectivity index (χ4n) is 2.04. The second-order valence-corrected chi connectivity index (χ2v) is 4.82. The van der Waals surface area contributed by atoms with E-state index in [0.29, 0.717) is 17.7 Å². The third-order valence-corrected chi connectivity index (χ3v) is 3.22. The van der Waals surface area contributed by atoms with Crippen LogP contribution in [0.15, 0.2) is 4.79 Å². The van der Waals surface area contributed by atoms with Crippen LogP contribution in [0, 0.1) is 4.77 Å². The van der Waals surface area contributed by atoms with Crippen molar-refractivity contribution in [1.29, 1.82) is 0 Å². The average molecular weight is 286 g/mol. The molecular weight excluding hydrogens is 264 g/mol. The van der Waals surface area contributed by atoms with Gasteiger partial charge in [0.2, 0.25) is 0 Å². The molecule has 0 spiro atoms. The Morgan fingerprint density at radius 3 is 2.42 bits per heavy atom. The number of hydrogen-bond donors (Lipinski definition) is 2. The molecule has 0 aliphatic heterocycles. The van der Waals surface area contributed by atoms with Crippen LogP contribution >= 0.6 is 12.2 Å². The van der Waals surface area contributed by atoms with Crippen LogP contribution in [-0.2, 0) is 15.9 Å². The van der Waals surface area contributed by atoms with Gasteiger partial charge in [-0.15, -0.1) is 0 Å². The quantitative estimate of drug-likeness (QED) is 0.438. The van der Waals surface area contributed by atoms with E-state index < -0.39 is 6.29 Å². The first-order valence-electron chi connectivity index (χ1n) is 6.55. The number of H-pyrrole nitrogens is 2. The number of aromatic amines is 2. The molecule has 0 atom stereocenters. The standard InChI is InChI=1S/C13H22N2O3S/c1-4-5-6-7-8-9-10(12(17-2)18-3)14-13(19)15-11(9)16/h12H,4-8H2,1-3H3,(H2,14,15,16,19). The third kappa shape index (κ3) is 4.56. The Morgan fingerprint density at radius 2 is 1.84 bits per heavy atom. The van der Waals surface area contributed by atoms with Crippen LogP contribution in [0.3, 0.4) is 0 Å². The van der Waals surface area contributed by atoms with E-state index in [1.807, 2.05) is 0 Å². The van der Waals surface area contributed by atoms with E-state index in [-0.39, 0.29) is 10.3 Å². The van der Waals surface area contributed by atoms with E-state index in [0.717, 1.165) is 12.8 Å². The molecule has 0 saturated carbocycles. The third-order valence-electron chi connectivity index (χ3n) is 3.02. The van der Waals surface area contributed by atoms with E-state index in [1.165, 1.54) is 27.1 Å². The van der Waals surface area contributed by atoms with E-state index in [9.17, 15) is 4.79 Å². The summed E-state index contributed by atoms with van der Waals surface area (Å²) < 4.78 is 10.7. The summed E-state index contributed by atoms with van der Waals surface area (Å²) in [6, 6.07) is 0. The number of hydrogen-bond acceptors (Lipinski definition) is 4. The SMILES string of the molecule is CCCCCCc1c(C(OC)OC)[nH]c(=S)[nH]c1=O. The molecule has 0 aromatic carbocycles. The highest BCUT2D eigenvalue weighted by molar-refractivity contribution is 7.71. The predicted octanol–water partition coefficient (Wildman–Crippen LogP) is 2.85. The summed E-state index contributed by atoms with van der Waals surface area (Å²) in [6.45, 7) is 2.16. The molecule has 1 aromatic heterocycles. The Hall–Kier alpha value is -0.980. The highest BCUT2D eigenvalue weighted by Crippen LogP contribution is 2.18. The Morgan fingerprint density at radius 1 is 1.16 bits per heavy atom. The van der Waals surface area contributed by atoms with Gasteiger partial charge in [-0.3, -0.25) is 9.78 Å². The van der Waals surface area contributed by atoms with Crippen molar-refractivity contribution >= 4 is 12.2 Å². The molecule has 0 unspecified atom stereocenters. The van der Waals surface area contributed by atoms with Crippen LogP contribution in [0.5, 0.6) is 0 Å². The maximum Gasteiger partial charge on any atom is 0.255 e. The minimum atomic E-state index is -0.592. The van der Waals surface area contributed by atoms with Gasteiger partial charge in [0, 0.05) is 19.8 Å². The molecule has 0 radical (unpaired) electrons. The molecule has 6 heteroatoms. The van der Waals surface area contributed by atoms with Gasteiger partial charge in [-0.05, 0) is 25.1 Å². The second-order valence-electron chi connectivity index (χ2n) is 4.41. The fourth-order valence-corrected chi connectivity index (χ4v) is 2.24. The molecule has 0 aliphatic carbocycles. The van der Waals surface area contributed by atoms with Gasteiger partial charge in [-0.2, -0.15) is 0 Å². The van der Waals surface area contributed by atoms with Crippen molar-refractivity contribution in [2.24, 2.45) is 0 Å². The van der Waals surface area contributed by atoms with Crippen LogP contribution in [0.1, 0.15) is 50.2 Å². The number of rotatable bonds is 8. The Labute approximate surface area is 118 Å². The van der Waals surface area contributed by atoms with Crippen molar-refractivity contribution in [3.8, 4) is 0 Å². The largest absolute Gasteiger partial charge is 0.350 e. The number of ether oxygens (including phenoxy) is 2. The van der Waals surface area contributed by atoms with Crippen molar-refractivity contribution in [2.75, 3.05) is 14.2 Å². The fraction of sp³-hybridized carbons (Fsp3) is 0.692. The van der Waals surface area contributed by atoms with Gasteiger partial charge >= 0.3 is 0 Å². The summed E-state index contributed by atoms with van der Waals surface area (Å²) in [5.41, 5.74) is 1.13. The molecular formula is C13H22N2O3S. The molecule has 1 rings (SSSR count). The van der Waals surface area contributed by atoms with Crippen molar-refractivity contribution in [3.63, 3.8) is 0 Å². The van der Waals surface area contributed by atoms with Gasteiger partial charge in [0.25, 0.3) is 5.56 Å². The molecule has 1 aromatic rings.